The quantitative estimate of drug-likeness (QED) is 0.796. The van der Waals surface area contributed by atoms with E-state index in [4.69, 9.17) is 9.47 Å². The summed E-state index contributed by atoms with van der Waals surface area (Å²) in [5.41, 5.74) is 4.05. The van der Waals surface area contributed by atoms with E-state index < -0.39 is 0 Å². The van der Waals surface area contributed by atoms with Crippen LogP contribution in [0.15, 0.2) is 49.2 Å². The van der Waals surface area contributed by atoms with E-state index in [9.17, 15) is 0 Å². The first-order valence-electron chi connectivity index (χ1n) is 7.66. The highest BCUT2D eigenvalue weighted by Gasteiger charge is 2.22. The monoisotopic (exact) mass is 320 g/mol. The van der Waals surface area contributed by atoms with Crippen LogP contribution in [-0.4, -0.2) is 28.7 Å². The third kappa shape index (κ3) is 2.62. The van der Waals surface area contributed by atoms with Crippen molar-refractivity contribution in [3.63, 3.8) is 0 Å². The number of anilines is 2. The molecule has 6 heteroatoms. The molecule has 1 N–H and O–H groups in total. The van der Waals surface area contributed by atoms with Crippen molar-refractivity contribution in [3.8, 4) is 22.6 Å². The summed E-state index contributed by atoms with van der Waals surface area (Å²) in [5, 5.41) is 3.26. The average molecular weight is 320 g/mol. The molecular formula is C18H16N4O2. The van der Waals surface area contributed by atoms with Gasteiger partial charge in [0.25, 0.3) is 0 Å². The number of hydrogen-bond acceptors (Lipinski definition) is 6. The zero-order valence-corrected chi connectivity index (χ0v) is 13.2. The molecule has 0 radical (unpaired) electrons. The second-order valence-electron chi connectivity index (χ2n) is 5.41. The lowest BCUT2D eigenvalue weighted by atomic mass is 10.0. The molecule has 0 unspecified atom stereocenters. The van der Waals surface area contributed by atoms with Gasteiger partial charge >= 0.3 is 0 Å². The molecule has 120 valence electrons. The van der Waals surface area contributed by atoms with Crippen LogP contribution < -0.4 is 14.8 Å². The minimum atomic E-state index is 0.652. The van der Waals surface area contributed by atoms with Crippen molar-refractivity contribution in [2.45, 2.75) is 6.42 Å². The van der Waals surface area contributed by atoms with Crippen molar-refractivity contribution >= 4 is 11.5 Å². The Labute approximate surface area is 139 Å². The topological polar surface area (TPSA) is 69.2 Å². The van der Waals surface area contributed by atoms with Crippen LogP contribution in [0.5, 0.6) is 11.5 Å². The van der Waals surface area contributed by atoms with Crippen LogP contribution in [0, 0.1) is 0 Å². The number of hydrogen-bond donors (Lipinski definition) is 1. The molecule has 0 bridgehead atoms. The number of fused-ring (bicyclic) bond motifs is 1. The van der Waals surface area contributed by atoms with E-state index in [1.54, 1.807) is 25.7 Å². The van der Waals surface area contributed by atoms with Gasteiger partial charge in [-0.05, 0) is 6.07 Å². The molecule has 0 spiro atoms. The lowest BCUT2D eigenvalue weighted by Crippen LogP contribution is -1.99. The summed E-state index contributed by atoms with van der Waals surface area (Å²) >= 11 is 0. The molecule has 0 aliphatic carbocycles. The predicted octanol–water partition coefficient (Wildman–Crippen LogP) is 3.23. The van der Waals surface area contributed by atoms with Gasteiger partial charge in [-0.15, -0.1) is 0 Å². The molecule has 3 aromatic rings. The van der Waals surface area contributed by atoms with Crippen LogP contribution in [0.25, 0.3) is 11.1 Å². The molecular weight excluding hydrogens is 304 g/mol. The number of pyridine rings is 3. The van der Waals surface area contributed by atoms with Crippen molar-refractivity contribution in [1.82, 2.24) is 15.0 Å². The maximum Gasteiger partial charge on any atom is 0.173 e. The maximum absolute atomic E-state index is 5.82. The number of nitrogens with one attached hydrogen (secondary N) is 1. The second kappa shape index (κ2) is 6.16. The van der Waals surface area contributed by atoms with Gasteiger partial charge < -0.3 is 14.8 Å². The van der Waals surface area contributed by atoms with Crippen molar-refractivity contribution in [2.24, 2.45) is 0 Å². The van der Waals surface area contributed by atoms with Gasteiger partial charge in [0.15, 0.2) is 11.6 Å². The highest BCUT2D eigenvalue weighted by molar-refractivity contribution is 5.75. The molecule has 1 aliphatic rings. The Morgan fingerprint density at radius 1 is 1.17 bits per heavy atom. The van der Waals surface area contributed by atoms with Crippen molar-refractivity contribution < 1.29 is 9.47 Å². The van der Waals surface area contributed by atoms with E-state index in [2.05, 4.69) is 20.3 Å². The maximum atomic E-state index is 5.82. The predicted molar refractivity (Wildman–Crippen MR) is 90.7 cm³/mol. The largest absolute Gasteiger partial charge is 0.495 e. The smallest absolute Gasteiger partial charge is 0.173 e. The molecule has 1 aliphatic heterocycles. The first-order valence-corrected chi connectivity index (χ1v) is 7.66. The van der Waals surface area contributed by atoms with E-state index in [0.717, 1.165) is 34.5 Å². The molecule has 24 heavy (non-hydrogen) atoms. The highest BCUT2D eigenvalue weighted by atomic mass is 16.5. The zero-order valence-electron chi connectivity index (χ0n) is 13.2. The van der Waals surface area contributed by atoms with Crippen LogP contribution in [0.1, 0.15) is 5.56 Å². The number of rotatable bonds is 4. The summed E-state index contributed by atoms with van der Waals surface area (Å²) in [5.74, 6) is 2.16. The molecule has 0 atom stereocenters. The highest BCUT2D eigenvalue weighted by Crippen LogP contribution is 2.39. The minimum Gasteiger partial charge on any atom is -0.495 e. The molecule has 4 heterocycles. The lowest BCUT2D eigenvalue weighted by Gasteiger charge is -2.13. The van der Waals surface area contributed by atoms with E-state index >= 15 is 0 Å². The van der Waals surface area contributed by atoms with Crippen LogP contribution in [-0.2, 0) is 6.42 Å². The Bertz CT molecular complexity index is 868. The van der Waals surface area contributed by atoms with Gasteiger partial charge in [0.1, 0.15) is 5.75 Å². The first-order chi connectivity index (χ1) is 11.8. The van der Waals surface area contributed by atoms with E-state index in [0.29, 0.717) is 18.2 Å². The fourth-order valence-electron chi connectivity index (χ4n) is 2.79. The molecule has 4 rings (SSSR count). The van der Waals surface area contributed by atoms with Crippen LogP contribution in [0.2, 0.25) is 0 Å². The number of aromatic nitrogens is 3. The lowest BCUT2D eigenvalue weighted by molar-refractivity contribution is 0.357. The van der Waals surface area contributed by atoms with Crippen LogP contribution in [0.4, 0.5) is 11.5 Å². The summed E-state index contributed by atoms with van der Waals surface area (Å²) in [6.45, 7) is 0.652. The third-order valence-electron chi connectivity index (χ3n) is 3.92. The molecule has 0 fully saturated rings. The second-order valence-corrected chi connectivity index (χ2v) is 5.41. The SMILES string of the molecule is COc1cncc(Nc2ncc(-c3cccnc3)c3c2OCC3)c1. The van der Waals surface area contributed by atoms with Gasteiger partial charge in [0, 0.05) is 47.8 Å². The summed E-state index contributed by atoms with van der Waals surface area (Å²) in [6.07, 6.45) is 9.70. The molecule has 3 aromatic heterocycles. The minimum absolute atomic E-state index is 0.652. The van der Waals surface area contributed by atoms with Crippen LogP contribution in [0.3, 0.4) is 0 Å². The summed E-state index contributed by atoms with van der Waals surface area (Å²) in [7, 11) is 1.61. The number of nitrogens with zero attached hydrogens (tertiary/aromatic N) is 3. The van der Waals surface area contributed by atoms with E-state index in [-0.39, 0.29) is 0 Å². The normalized spacial score (nSPS) is 12.4. The third-order valence-corrected chi connectivity index (χ3v) is 3.92. The summed E-state index contributed by atoms with van der Waals surface area (Å²) in [4.78, 5) is 12.9. The van der Waals surface area contributed by atoms with Gasteiger partial charge in [-0.3, -0.25) is 9.97 Å². The Kier molecular flexibility index (Phi) is 3.70. The van der Waals surface area contributed by atoms with Crippen molar-refractivity contribution in [3.05, 3.63) is 54.7 Å². The van der Waals surface area contributed by atoms with E-state index in [1.165, 1.54) is 0 Å². The first kappa shape index (κ1) is 14.4. The number of methoxy groups -OCH3 is 1. The van der Waals surface area contributed by atoms with E-state index in [1.807, 2.05) is 30.6 Å². The van der Waals surface area contributed by atoms with Gasteiger partial charge in [-0.1, -0.05) is 6.07 Å². The Hall–Kier alpha value is -3.15. The number of ether oxygens (including phenoxy) is 2. The molecule has 0 saturated carbocycles. The fourth-order valence-corrected chi connectivity index (χ4v) is 2.79. The molecule has 0 amide bonds. The molecule has 0 saturated heterocycles. The van der Waals surface area contributed by atoms with Crippen molar-refractivity contribution in [1.29, 1.82) is 0 Å². The Morgan fingerprint density at radius 2 is 2.12 bits per heavy atom. The van der Waals surface area contributed by atoms with Gasteiger partial charge in [0.05, 0.1) is 31.8 Å². The van der Waals surface area contributed by atoms with Crippen molar-refractivity contribution in [2.75, 3.05) is 19.0 Å². The Morgan fingerprint density at radius 3 is 2.96 bits per heavy atom. The average Bonchev–Trinajstić information content (AvgIpc) is 3.13. The summed E-state index contributed by atoms with van der Waals surface area (Å²) in [6, 6.07) is 5.82. The standard InChI is InChI=1S/C18H16N4O2/c1-23-14-7-13(9-20-10-14)22-18-17-15(4-6-24-17)16(11-21-18)12-3-2-5-19-8-12/h2-3,5,7-11H,4,6H2,1H3,(H,21,22). The fraction of sp³-hybridized carbons (Fsp3) is 0.167. The van der Waals surface area contributed by atoms with Gasteiger partial charge in [-0.2, -0.15) is 0 Å². The molecule has 0 aromatic carbocycles. The van der Waals surface area contributed by atoms with Gasteiger partial charge in [-0.25, -0.2) is 4.98 Å². The summed E-state index contributed by atoms with van der Waals surface area (Å²) < 4.78 is 11.0. The van der Waals surface area contributed by atoms with Crippen LogP contribution >= 0.6 is 0 Å². The zero-order chi connectivity index (χ0) is 16.4. The van der Waals surface area contributed by atoms with Gasteiger partial charge in [0.2, 0.25) is 0 Å². The Balaban J connectivity index is 1.72. The molecule has 6 nitrogen and oxygen atoms in total.